The Labute approximate surface area is 203 Å². The number of halogens is 1. The Balaban J connectivity index is 0.00000272. The molecule has 1 saturated heterocycles. The predicted molar refractivity (Wildman–Crippen MR) is 135 cm³/mol. The van der Waals surface area contributed by atoms with Crippen molar-refractivity contribution < 1.29 is 9.90 Å². The summed E-state index contributed by atoms with van der Waals surface area (Å²) in [6.07, 6.45) is 11.3. The van der Waals surface area contributed by atoms with Crippen LogP contribution in [0.5, 0.6) is 5.75 Å². The maximum atomic E-state index is 12.8. The number of rotatable bonds is 4. The average Bonchev–Trinajstić information content (AvgIpc) is 3.26. The van der Waals surface area contributed by atoms with Crippen molar-refractivity contribution in [3.05, 3.63) is 28.8 Å². The van der Waals surface area contributed by atoms with Crippen molar-refractivity contribution in [3.63, 3.8) is 0 Å². The second-order valence-corrected chi connectivity index (χ2v) is 9.08. The molecule has 172 valence electrons. The highest BCUT2D eigenvalue weighted by atomic mass is 127. The Bertz CT molecular complexity index is 792. The summed E-state index contributed by atoms with van der Waals surface area (Å²) in [5.41, 5.74) is 3.66. The van der Waals surface area contributed by atoms with E-state index < -0.39 is 0 Å². The van der Waals surface area contributed by atoms with Gasteiger partial charge in [0.25, 0.3) is 0 Å². The number of amides is 1. The summed E-state index contributed by atoms with van der Waals surface area (Å²) in [6, 6.07) is 4.11. The number of likely N-dealkylation sites (tertiary alicyclic amines) is 1. The van der Waals surface area contributed by atoms with Crippen LogP contribution in [-0.2, 0) is 24.2 Å². The number of benzene rings is 1. The SMILES string of the molecule is CN=C(NCc1c(O)ccc2c1CCCC2)NC1CCN(C(=O)C2CCCCC2)C1.I. The number of aromatic hydroxyl groups is 1. The van der Waals surface area contributed by atoms with E-state index in [0.717, 1.165) is 56.7 Å². The fourth-order valence-corrected chi connectivity index (χ4v) is 5.34. The zero-order valence-electron chi connectivity index (χ0n) is 18.7. The van der Waals surface area contributed by atoms with Crippen molar-refractivity contribution in [2.45, 2.75) is 76.8 Å². The Morgan fingerprint density at radius 1 is 1.13 bits per heavy atom. The van der Waals surface area contributed by atoms with Crippen LogP contribution in [0.1, 0.15) is 68.1 Å². The summed E-state index contributed by atoms with van der Waals surface area (Å²) in [4.78, 5) is 19.2. The summed E-state index contributed by atoms with van der Waals surface area (Å²) < 4.78 is 0. The van der Waals surface area contributed by atoms with Crippen molar-refractivity contribution in [1.29, 1.82) is 0 Å². The van der Waals surface area contributed by atoms with Gasteiger partial charge in [0.2, 0.25) is 5.91 Å². The van der Waals surface area contributed by atoms with Gasteiger partial charge in [-0.15, -0.1) is 24.0 Å². The van der Waals surface area contributed by atoms with Gasteiger partial charge < -0.3 is 20.6 Å². The van der Waals surface area contributed by atoms with Gasteiger partial charge in [0, 0.05) is 44.2 Å². The minimum absolute atomic E-state index is 0. The van der Waals surface area contributed by atoms with Gasteiger partial charge in [-0.1, -0.05) is 25.3 Å². The van der Waals surface area contributed by atoms with Crippen LogP contribution >= 0.6 is 24.0 Å². The number of phenols is 1. The van der Waals surface area contributed by atoms with E-state index in [0.29, 0.717) is 18.2 Å². The van der Waals surface area contributed by atoms with Gasteiger partial charge in [0.05, 0.1) is 0 Å². The lowest BCUT2D eigenvalue weighted by atomic mass is 9.88. The lowest BCUT2D eigenvalue weighted by Gasteiger charge is -2.26. The summed E-state index contributed by atoms with van der Waals surface area (Å²) in [5.74, 6) is 1.69. The lowest BCUT2D eigenvalue weighted by Crippen LogP contribution is -2.45. The molecule has 1 saturated carbocycles. The first-order valence-electron chi connectivity index (χ1n) is 11.7. The fourth-order valence-electron chi connectivity index (χ4n) is 5.34. The van der Waals surface area contributed by atoms with E-state index in [1.54, 1.807) is 7.05 Å². The van der Waals surface area contributed by atoms with E-state index in [4.69, 9.17) is 0 Å². The van der Waals surface area contributed by atoms with Crippen LogP contribution in [0.15, 0.2) is 17.1 Å². The Kier molecular flexibility index (Phi) is 8.86. The van der Waals surface area contributed by atoms with E-state index >= 15 is 0 Å². The number of nitrogens with zero attached hydrogens (tertiary/aromatic N) is 2. The monoisotopic (exact) mass is 540 g/mol. The first-order valence-corrected chi connectivity index (χ1v) is 11.7. The number of hydrogen-bond acceptors (Lipinski definition) is 3. The molecular formula is C24H37IN4O2. The van der Waals surface area contributed by atoms with Crippen molar-refractivity contribution in [3.8, 4) is 5.75 Å². The third-order valence-corrected chi connectivity index (χ3v) is 7.08. The number of aliphatic imine (C=N–C) groups is 1. The first-order chi connectivity index (χ1) is 14.7. The maximum absolute atomic E-state index is 12.8. The Hall–Kier alpha value is -1.51. The molecule has 7 heteroatoms. The third kappa shape index (κ3) is 5.84. The molecule has 1 amide bonds. The van der Waals surface area contributed by atoms with Gasteiger partial charge in [-0.2, -0.15) is 0 Å². The number of hydrogen-bond donors (Lipinski definition) is 3. The highest BCUT2D eigenvalue weighted by Gasteiger charge is 2.31. The molecule has 1 aromatic carbocycles. The van der Waals surface area contributed by atoms with Crippen molar-refractivity contribution in [2.75, 3.05) is 20.1 Å². The van der Waals surface area contributed by atoms with Gasteiger partial charge in [-0.25, -0.2) is 0 Å². The molecule has 0 bridgehead atoms. The number of guanidine groups is 1. The van der Waals surface area contributed by atoms with Gasteiger partial charge in [0.15, 0.2) is 5.96 Å². The largest absolute Gasteiger partial charge is 0.508 e. The molecule has 0 radical (unpaired) electrons. The van der Waals surface area contributed by atoms with E-state index in [1.807, 2.05) is 11.0 Å². The molecule has 31 heavy (non-hydrogen) atoms. The number of aryl methyl sites for hydroxylation is 1. The van der Waals surface area contributed by atoms with Crippen molar-refractivity contribution in [2.24, 2.45) is 10.9 Å². The molecule has 4 rings (SSSR count). The molecule has 3 N–H and O–H groups in total. The molecular weight excluding hydrogens is 503 g/mol. The molecule has 3 aliphatic rings. The van der Waals surface area contributed by atoms with E-state index in [9.17, 15) is 9.90 Å². The van der Waals surface area contributed by atoms with Crippen molar-refractivity contribution in [1.82, 2.24) is 15.5 Å². The standard InChI is InChI=1S/C24H36N4O2.HI/c1-25-24(26-15-21-20-10-6-5-7-17(20)11-12-22(21)29)27-19-13-14-28(16-19)23(30)18-8-3-2-4-9-18;/h11-12,18-19,29H,2-10,13-16H2,1H3,(H2,25,26,27);1H. The second-order valence-electron chi connectivity index (χ2n) is 9.08. The molecule has 2 aliphatic carbocycles. The predicted octanol–water partition coefficient (Wildman–Crippen LogP) is 3.74. The summed E-state index contributed by atoms with van der Waals surface area (Å²) in [6.45, 7) is 2.14. The molecule has 1 unspecified atom stereocenters. The molecule has 1 heterocycles. The number of carbonyl (C=O) groups is 1. The molecule has 2 fully saturated rings. The van der Waals surface area contributed by atoms with Crippen LogP contribution in [-0.4, -0.2) is 48.1 Å². The van der Waals surface area contributed by atoms with Gasteiger partial charge >= 0.3 is 0 Å². The van der Waals surface area contributed by atoms with Crippen LogP contribution in [0.25, 0.3) is 0 Å². The van der Waals surface area contributed by atoms with Crippen LogP contribution in [0.3, 0.4) is 0 Å². The molecule has 0 aromatic heterocycles. The highest BCUT2D eigenvalue weighted by Crippen LogP contribution is 2.30. The highest BCUT2D eigenvalue weighted by molar-refractivity contribution is 14.0. The van der Waals surface area contributed by atoms with E-state index in [1.165, 1.54) is 43.2 Å². The summed E-state index contributed by atoms with van der Waals surface area (Å²) >= 11 is 0. The zero-order valence-corrected chi connectivity index (χ0v) is 21.0. The zero-order chi connectivity index (χ0) is 20.9. The second kappa shape index (κ2) is 11.4. The van der Waals surface area contributed by atoms with Crippen LogP contribution in [0.4, 0.5) is 0 Å². The number of nitrogens with one attached hydrogen (secondary N) is 2. The molecule has 1 aliphatic heterocycles. The quantitative estimate of drug-likeness (QED) is 0.309. The third-order valence-electron chi connectivity index (χ3n) is 7.08. The maximum Gasteiger partial charge on any atom is 0.225 e. The normalized spacial score (nSPS) is 21.9. The molecule has 6 nitrogen and oxygen atoms in total. The van der Waals surface area contributed by atoms with E-state index in [-0.39, 0.29) is 35.9 Å². The summed E-state index contributed by atoms with van der Waals surface area (Å²) in [5, 5.41) is 17.3. The van der Waals surface area contributed by atoms with Gasteiger partial charge in [-0.3, -0.25) is 9.79 Å². The smallest absolute Gasteiger partial charge is 0.225 e. The summed E-state index contributed by atoms with van der Waals surface area (Å²) in [7, 11) is 1.77. The lowest BCUT2D eigenvalue weighted by molar-refractivity contribution is -0.135. The molecule has 0 spiro atoms. The average molecular weight is 540 g/mol. The molecule has 1 atom stereocenters. The Morgan fingerprint density at radius 3 is 2.68 bits per heavy atom. The van der Waals surface area contributed by atoms with E-state index in [2.05, 4.69) is 21.7 Å². The minimum Gasteiger partial charge on any atom is -0.508 e. The van der Waals surface area contributed by atoms with Gasteiger partial charge in [0.1, 0.15) is 5.75 Å². The Morgan fingerprint density at radius 2 is 1.90 bits per heavy atom. The first kappa shape index (κ1) is 24.1. The minimum atomic E-state index is 0. The number of fused-ring (bicyclic) bond motifs is 1. The van der Waals surface area contributed by atoms with Crippen LogP contribution in [0, 0.1) is 5.92 Å². The van der Waals surface area contributed by atoms with Crippen LogP contribution < -0.4 is 10.6 Å². The topological polar surface area (TPSA) is 77.0 Å². The number of carbonyl (C=O) groups excluding carboxylic acids is 1. The fraction of sp³-hybridized carbons (Fsp3) is 0.667. The van der Waals surface area contributed by atoms with Crippen LogP contribution in [0.2, 0.25) is 0 Å². The van der Waals surface area contributed by atoms with Gasteiger partial charge in [-0.05, 0) is 62.1 Å². The molecule has 1 aromatic rings. The number of phenolic OH excluding ortho intramolecular Hbond substituents is 1. The van der Waals surface area contributed by atoms with Crippen molar-refractivity contribution >= 4 is 35.8 Å².